The molecule has 0 aliphatic rings. The minimum atomic E-state index is -0.331. The van der Waals surface area contributed by atoms with Crippen LogP contribution in [0.2, 0.25) is 0 Å². The number of hydrogen-bond donors (Lipinski definition) is 1. The summed E-state index contributed by atoms with van der Waals surface area (Å²) in [6.07, 6.45) is 4.53. The highest BCUT2D eigenvalue weighted by molar-refractivity contribution is 7.09. The van der Waals surface area contributed by atoms with Gasteiger partial charge in [-0.1, -0.05) is 6.07 Å². The molecule has 2 aromatic heterocycles. The van der Waals surface area contributed by atoms with Gasteiger partial charge >= 0.3 is 0 Å². The van der Waals surface area contributed by atoms with Gasteiger partial charge in [0.1, 0.15) is 6.04 Å². The van der Waals surface area contributed by atoms with E-state index in [1.165, 1.54) is 4.88 Å². The maximum atomic E-state index is 12.7. The van der Waals surface area contributed by atoms with E-state index in [2.05, 4.69) is 21.9 Å². The molecule has 0 fully saturated rings. The zero-order chi connectivity index (χ0) is 15.2. The Morgan fingerprint density at radius 3 is 2.82 bits per heavy atom. The molecule has 2 heterocycles. The lowest BCUT2D eigenvalue weighted by atomic mass is 10.1. The first kappa shape index (κ1) is 18.7. The smallest absolute Gasteiger partial charge is 0.244 e. The number of carbonyl (C=O) groups excluding carboxylic acids is 1. The summed E-state index contributed by atoms with van der Waals surface area (Å²) >= 11 is 1.73. The second-order valence-corrected chi connectivity index (χ2v) is 5.95. The molecule has 0 spiro atoms. The molecule has 0 bridgehead atoms. The first-order valence-corrected chi connectivity index (χ1v) is 8.00. The fourth-order valence-electron chi connectivity index (χ4n) is 2.33. The molecule has 2 rings (SSSR count). The zero-order valence-corrected chi connectivity index (χ0v) is 14.8. The summed E-state index contributed by atoms with van der Waals surface area (Å²) in [6.45, 7) is 3.47. The summed E-state index contributed by atoms with van der Waals surface area (Å²) in [4.78, 5) is 15.9. The van der Waals surface area contributed by atoms with Crippen molar-refractivity contribution >= 4 is 29.7 Å². The molecule has 0 aromatic carbocycles. The van der Waals surface area contributed by atoms with Gasteiger partial charge in [-0.15, -0.1) is 23.7 Å². The fourth-order valence-corrected chi connectivity index (χ4v) is 3.03. The first-order valence-electron chi connectivity index (χ1n) is 7.12. The molecule has 2 aromatic rings. The van der Waals surface area contributed by atoms with Crippen LogP contribution in [0.1, 0.15) is 23.4 Å². The predicted octanol–water partition coefficient (Wildman–Crippen LogP) is 2.26. The molecule has 1 N–H and O–H groups in total. The van der Waals surface area contributed by atoms with Gasteiger partial charge in [0.2, 0.25) is 5.91 Å². The van der Waals surface area contributed by atoms with E-state index in [0.29, 0.717) is 6.54 Å². The summed E-state index contributed by atoms with van der Waals surface area (Å²) in [7, 11) is 3.66. The Kier molecular flexibility index (Phi) is 7.58. The molecule has 122 valence electrons. The molecular formula is C15H23ClN4OS. The van der Waals surface area contributed by atoms with E-state index < -0.39 is 0 Å². The predicted molar refractivity (Wildman–Crippen MR) is 92.5 cm³/mol. The van der Waals surface area contributed by atoms with Gasteiger partial charge in [0.25, 0.3) is 0 Å². The van der Waals surface area contributed by atoms with Gasteiger partial charge < -0.3 is 10.2 Å². The van der Waals surface area contributed by atoms with Crippen LogP contribution in [-0.4, -0.2) is 40.7 Å². The second-order valence-electron chi connectivity index (χ2n) is 4.92. The largest absolute Gasteiger partial charge is 0.341 e. The van der Waals surface area contributed by atoms with Crippen LogP contribution in [0.25, 0.3) is 0 Å². The Morgan fingerprint density at radius 2 is 2.32 bits per heavy atom. The number of hydrogen-bond acceptors (Lipinski definition) is 4. The van der Waals surface area contributed by atoms with Crippen molar-refractivity contribution in [1.82, 2.24) is 20.0 Å². The second kappa shape index (κ2) is 8.92. The lowest BCUT2D eigenvalue weighted by molar-refractivity contribution is -0.133. The minimum Gasteiger partial charge on any atom is -0.341 e. The SMILES string of the molecule is CCN(CCc1cccs1)C(=O)C(NC)c1cnn(C)c1.Cl. The van der Waals surface area contributed by atoms with Gasteiger partial charge in [-0.25, -0.2) is 0 Å². The topological polar surface area (TPSA) is 50.2 Å². The quantitative estimate of drug-likeness (QED) is 0.839. The van der Waals surface area contributed by atoms with Gasteiger partial charge in [-0.05, 0) is 31.8 Å². The van der Waals surface area contributed by atoms with E-state index in [1.54, 1.807) is 22.2 Å². The van der Waals surface area contributed by atoms with Crippen LogP contribution in [-0.2, 0) is 18.3 Å². The molecule has 7 heteroatoms. The number of likely N-dealkylation sites (N-methyl/N-ethyl adjacent to an activating group) is 2. The third-order valence-corrected chi connectivity index (χ3v) is 4.43. The third-order valence-electron chi connectivity index (χ3n) is 3.50. The van der Waals surface area contributed by atoms with Crippen LogP contribution in [0.4, 0.5) is 0 Å². The summed E-state index contributed by atoms with van der Waals surface area (Å²) in [5, 5.41) is 9.31. The van der Waals surface area contributed by atoms with Crippen molar-refractivity contribution in [2.75, 3.05) is 20.1 Å². The van der Waals surface area contributed by atoms with Crippen molar-refractivity contribution in [2.24, 2.45) is 7.05 Å². The van der Waals surface area contributed by atoms with Gasteiger partial charge in [0.05, 0.1) is 6.20 Å². The maximum Gasteiger partial charge on any atom is 0.244 e. The van der Waals surface area contributed by atoms with Crippen LogP contribution >= 0.6 is 23.7 Å². The number of nitrogens with one attached hydrogen (secondary N) is 1. The van der Waals surface area contributed by atoms with Crippen LogP contribution in [0, 0.1) is 0 Å². The fraction of sp³-hybridized carbons (Fsp3) is 0.467. The third kappa shape index (κ3) is 4.56. The molecule has 1 unspecified atom stereocenters. The molecule has 5 nitrogen and oxygen atoms in total. The minimum absolute atomic E-state index is 0. The Balaban J connectivity index is 0.00000242. The van der Waals surface area contributed by atoms with Gasteiger partial charge in [0.15, 0.2) is 0 Å². The zero-order valence-electron chi connectivity index (χ0n) is 13.2. The van der Waals surface area contributed by atoms with Gasteiger partial charge in [0, 0.05) is 36.8 Å². The van der Waals surface area contributed by atoms with Gasteiger partial charge in [-0.2, -0.15) is 5.10 Å². The molecular weight excluding hydrogens is 320 g/mol. The van der Waals surface area contributed by atoms with Gasteiger partial charge in [-0.3, -0.25) is 9.48 Å². The van der Waals surface area contributed by atoms with Crippen molar-refractivity contribution in [3.63, 3.8) is 0 Å². The highest BCUT2D eigenvalue weighted by Gasteiger charge is 2.24. The van der Waals surface area contributed by atoms with Crippen molar-refractivity contribution in [1.29, 1.82) is 0 Å². The number of aromatic nitrogens is 2. The lowest BCUT2D eigenvalue weighted by Gasteiger charge is -2.25. The number of rotatable bonds is 7. The van der Waals surface area contributed by atoms with Crippen molar-refractivity contribution < 1.29 is 4.79 Å². The molecule has 1 atom stereocenters. The van der Waals surface area contributed by atoms with Crippen molar-refractivity contribution in [2.45, 2.75) is 19.4 Å². The highest BCUT2D eigenvalue weighted by Crippen LogP contribution is 2.16. The van der Waals surface area contributed by atoms with Crippen LogP contribution < -0.4 is 5.32 Å². The standard InChI is InChI=1S/C15H22N4OS.ClH/c1-4-19(8-7-13-6-5-9-21-13)15(20)14(16-2)12-10-17-18(3)11-12;/h5-6,9-11,14,16H,4,7-8H2,1-3H3;1H. The number of amides is 1. The normalized spacial score (nSPS) is 11.8. The Bertz CT molecular complexity index is 570. The molecule has 0 aliphatic heterocycles. The molecule has 0 radical (unpaired) electrons. The molecule has 1 amide bonds. The molecule has 0 aliphatic carbocycles. The number of nitrogens with zero attached hydrogens (tertiary/aromatic N) is 3. The average molecular weight is 343 g/mol. The van der Waals surface area contributed by atoms with Crippen LogP contribution in [0.5, 0.6) is 0 Å². The molecule has 0 saturated carbocycles. The number of carbonyl (C=O) groups is 1. The number of aryl methyl sites for hydroxylation is 1. The first-order chi connectivity index (χ1) is 10.2. The summed E-state index contributed by atoms with van der Waals surface area (Å²) in [5.41, 5.74) is 0.902. The average Bonchev–Trinajstić information content (AvgIpc) is 3.12. The van der Waals surface area contributed by atoms with E-state index >= 15 is 0 Å². The molecule has 0 saturated heterocycles. The summed E-state index contributed by atoms with van der Waals surface area (Å²) < 4.78 is 1.72. The monoisotopic (exact) mass is 342 g/mol. The van der Waals surface area contributed by atoms with Crippen LogP contribution in [0.15, 0.2) is 29.9 Å². The van der Waals surface area contributed by atoms with Crippen molar-refractivity contribution in [3.05, 3.63) is 40.3 Å². The Hall–Kier alpha value is -1.37. The summed E-state index contributed by atoms with van der Waals surface area (Å²) in [6, 6.07) is 3.83. The van der Waals surface area contributed by atoms with Crippen molar-refractivity contribution in [3.8, 4) is 0 Å². The summed E-state index contributed by atoms with van der Waals surface area (Å²) in [5.74, 6) is 0.101. The maximum absolute atomic E-state index is 12.7. The Morgan fingerprint density at radius 1 is 1.55 bits per heavy atom. The highest BCUT2D eigenvalue weighted by atomic mass is 35.5. The number of thiophene rings is 1. The van der Waals surface area contributed by atoms with E-state index in [9.17, 15) is 4.79 Å². The number of halogens is 1. The van der Waals surface area contributed by atoms with Crippen LogP contribution in [0.3, 0.4) is 0 Å². The van der Waals surface area contributed by atoms with E-state index in [4.69, 9.17) is 0 Å². The van der Waals surface area contributed by atoms with E-state index in [0.717, 1.165) is 18.5 Å². The molecule has 22 heavy (non-hydrogen) atoms. The van der Waals surface area contributed by atoms with E-state index in [1.807, 2.05) is 38.2 Å². The van der Waals surface area contributed by atoms with E-state index in [-0.39, 0.29) is 24.4 Å². The lowest BCUT2D eigenvalue weighted by Crippen LogP contribution is -2.40. The Labute approximate surface area is 141 Å².